The number of fused-ring (bicyclic) bond motifs is 1. The third kappa shape index (κ3) is 3.08. The smallest absolute Gasteiger partial charge is 0.184 e. The van der Waals surface area contributed by atoms with Crippen LogP contribution < -0.4 is 0 Å². The van der Waals surface area contributed by atoms with E-state index in [0.29, 0.717) is 5.41 Å². The Labute approximate surface area is 114 Å². The molecule has 0 aromatic rings. The SMILES string of the molecule is CC1(O[Si](C)(C)C)CCC2C(=CCCC2(C)C)C1. The van der Waals surface area contributed by atoms with Gasteiger partial charge >= 0.3 is 0 Å². The van der Waals surface area contributed by atoms with E-state index in [2.05, 4.69) is 46.5 Å². The van der Waals surface area contributed by atoms with E-state index in [1.165, 1.54) is 32.1 Å². The fourth-order valence-electron chi connectivity index (χ4n) is 4.02. The van der Waals surface area contributed by atoms with Crippen molar-refractivity contribution in [3.05, 3.63) is 11.6 Å². The van der Waals surface area contributed by atoms with Gasteiger partial charge in [-0.3, -0.25) is 0 Å². The lowest BCUT2D eigenvalue weighted by Crippen LogP contribution is -2.46. The first-order valence-electron chi connectivity index (χ1n) is 7.50. The van der Waals surface area contributed by atoms with E-state index in [-0.39, 0.29) is 5.60 Å². The minimum absolute atomic E-state index is 0.111. The highest BCUT2D eigenvalue weighted by molar-refractivity contribution is 6.69. The van der Waals surface area contributed by atoms with Gasteiger partial charge in [-0.05, 0) is 70.0 Å². The summed E-state index contributed by atoms with van der Waals surface area (Å²) >= 11 is 0. The molecule has 0 aliphatic heterocycles. The molecule has 1 saturated carbocycles. The van der Waals surface area contributed by atoms with Crippen molar-refractivity contribution in [3.63, 3.8) is 0 Å². The summed E-state index contributed by atoms with van der Waals surface area (Å²) in [6.07, 6.45) is 8.86. The predicted octanol–water partition coefficient (Wildman–Crippen LogP) is 5.14. The molecule has 0 heterocycles. The van der Waals surface area contributed by atoms with Crippen molar-refractivity contribution in [1.29, 1.82) is 0 Å². The predicted molar refractivity (Wildman–Crippen MR) is 81.3 cm³/mol. The number of hydrogen-bond donors (Lipinski definition) is 0. The van der Waals surface area contributed by atoms with E-state index in [0.717, 1.165) is 5.92 Å². The molecule has 18 heavy (non-hydrogen) atoms. The Morgan fingerprint density at radius 1 is 1.17 bits per heavy atom. The van der Waals surface area contributed by atoms with Gasteiger partial charge in [0.2, 0.25) is 0 Å². The van der Waals surface area contributed by atoms with Gasteiger partial charge in [-0.25, -0.2) is 0 Å². The molecule has 1 fully saturated rings. The van der Waals surface area contributed by atoms with Crippen molar-refractivity contribution in [2.24, 2.45) is 11.3 Å². The van der Waals surface area contributed by atoms with E-state index in [1.807, 2.05) is 0 Å². The largest absolute Gasteiger partial charge is 0.412 e. The Balaban J connectivity index is 2.14. The average molecular weight is 267 g/mol. The van der Waals surface area contributed by atoms with Gasteiger partial charge in [0.05, 0.1) is 5.60 Å². The molecule has 2 aliphatic carbocycles. The van der Waals surface area contributed by atoms with Crippen LogP contribution in [0.15, 0.2) is 11.6 Å². The summed E-state index contributed by atoms with van der Waals surface area (Å²) in [5, 5.41) is 0. The molecular formula is C16H30OSi. The Kier molecular flexibility index (Phi) is 3.57. The summed E-state index contributed by atoms with van der Waals surface area (Å²) in [5.41, 5.74) is 2.31. The van der Waals surface area contributed by atoms with Crippen molar-refractivity contribution in [2.45, 2.75) is 78.1 Å². The van der Waals surface area contributed by atoms with E-state index < -0.39 is 8.32 Å². The first-order chi connectivity index (χ1) is 8.11. The van der Waals surface area contributed by atoms with Crippen LogP contribution in [0, 0.1) is 11.3 Å². The zero-order valence-electron chi connectivity index (χ0n) is 13.1. The molecule has 0 bridgehead atoms. The normalized spacial score (nSPS) is 35.9. The molecule has 2 heteroatoms. The summed E-state index contributed by atoms with van der Waals surface area (Å²) in [4.78, 5) is 0. The van der Waals surface area contributed by atoms with E-state index >= 15 is 0 Å². The van der Waals surface area contributed by atoms with Crippen molar-refractivity contribution in [2.75, 3.05) is 0 Å². The van der Waals surface area contributed by atoms with Crippen LogP contribution in [-0.2, 0) is 4.43 Å². The molecule has 0 amide bonds. The fraction of sp³-hybridized carbons (Fsp3) is 0.875. The third-order valence-corrected chi connectivity index (χ3v) is 5.78. The second kappa shape index (κ2) is 4.48. The number of rotatable bonds is 2. The molecule has 0 aromatic carbocycles. The zero-order valence-corrected chi connectivity index (χ0v) is 14.1. The van der Waals surface area contributed by atoms with Crippen LogP contribution in [0.2, 0.25) is 19.6 Å². The van der Waals surface area contributed by atoms with Crippen LogP contribution in [0.5, 0.6) is 0 Å². The molecule has 2 rings (SSSR count). The van der Waals surface area contributed by atoms with E-state index in [4.69, 9.17) is 4.43 Å². The first-order valence-corrected chi connectivity index (χ1v) is 10.9. The molecule has 1 nitrogen and oxygen atoms in total. The Morgan fingerprint density at radius 3 is 2.44 bits per heavy atom. The lowest BCUT2D eigenvalue weighted by molar-refractivity contribution is 0.0263. The van der Waals surface area contributed by atoms with E-state index in [1.54, 1.807) is 5.57 Å². The van der Waals surface area contributed by atoms with Gasteiger partial charge in [-0.2, -0.15) is 0 Å². The monoisotopic (exact) mass is 266 g/mol. The second-order valence-corrected chi connectivity index (χ2v) is 12.7. The summed E-state index contributed by atoms with van der Waals surface area (Å²) in [5.74, 6) is 0.810. The first kappa shape index (κ1) is 14.3. The Bertz CT molecular complexity index is 351. The molecule has 0 N–H and O–H groups in total. The van der Waals surface area contributed by atoms with Gasteiger partial charge in [0.1, 0.15) is 0 Å². The molecule has 2 unspecified atom stereocenters. The van der Waals surface area contributed by atoms with Crippen LogP contribution in [0.25, 0.3) is 0 Å². The molecule has 0 radical (unpaired) electrons. The minimum atomic E-state index is -1.44. The molecule has 104 valence electrons. The summed E-state index contributed by atoms with van der Waals surface area (Å²) in [7, 11) is -1.44. The maximum Gasteiger partial charge on any atom is 0.184 e. The van der Waals surface area contributed by atoms with Crippen LogP contribution >= 0.6 is 0 Å². The molecule has 2 atom stereocenters. The van der Waals surface area contributed by atoms with Crippen LogP contribution in [-0.4, -0.2) is 13.9 Å². The highest BCUT2D eigenvalue weighted by atomic mass is 28.4. The van der Waals surface area contributed by atoms with Crippen LogP contribution in [0.3, 0.4) is 0 Å². The highest BCUT2D eigenvalue weighted by Crippen LogP contribution is 2.51. The second-order valence-electron chi connectivity index (χ2n) is 8.24. The van der Waals surface area contributed by atoms with Gasteiger partial charge < -0.3 is 4.43 Å². The quantitative estimate of drug-likeness (QED) is 0.496. The minimum Gasteiger partial charge on any atom is -0.412 e. The number of hydrogen-bond acceptors (Lipinski definition) is 1. The summed E-state index contributed by atoms with van der Waals surface area (Å²) < 4.78 is 6.48. The lowest BCUT2D eigenvalue weighted by atomic mass is 9.61. The van der Waals surface area contributed by atoms with Gasteiger partial charge in [0.15, 0.2) is 8.32 Å². The summed E-state index contributed by atoms with van der Waals surface area (Å²) in [6.45, 7) is 14.2. The summed E-state index contributed by atoms with van der Waals surface area (Å²) in [6, 6.07) is 0. The van der Waals surface area contributed by atoms with Crippen LogP contribution in [0.1, 0.15) is 52.9 Å². The third-order valence-electron chi connectivity index (χ3n) is 4.68. The average Bonchev–Trinajstić information content (AvgIpc) is 2.12. The Hall–Kier alpha value is -0.0831. The number of allylic oxidation sites excluding steroid dienone is 1. The standard InChI is InChI=1S/C16H30OSi/c1-15(2)10-7-8-13-12-16(3,11-9-14(13)15)17-18(4,5)6/h8,14H,7,9-12H2,1-6H3. The zero-order chi connectivity index (χ0) is 13.6. The lowest BCUT2D eigenvalue weighted by Gasteiger charge is -2.49. The van der Waals surface area contributed by atoms with Crippen molar-refractivity contribution < 1.29 is 4.43 Å². The van der Waals surface area contributed by atoms with Crippen molar-refractivity contribution in [1.82, 2.24) is 0 Å². The molecule has 0 saturated heterocycles. The van der Waals surface area contributed by atoms with Gasteiger partial charge in [-0.1, -0.05) is 25.5 Å². The van der Waals surface area contributed by atoms with Crippen LogP contribution in [0.4, 0.5) is 0 Å². The maximum absolute atomic E-state index is 6.48. The topological polar surface area (TPSA) is 9.23 Å². The Morgan fingerprint density at radius 2 is 1.83 bits per heavy atom. The molecule has 0 aromatic heterocycles. The molecule has 2 aliphatic rings. The molecular weight excluding hydrogens is 236 g/mol. The maximum atomic E-state index is 6.48. The fourth-order valence-corrected chi connectivity index (χ4v) is 5.67. The van der Waals surface area contributed by atoms with Crippen molar-refractivity contribution >= 4 is 8.32 Å². The van der Waals surface area contributed by atoms with E-state index in [9.17, 15) is 0 Å². The van der Waals surface area contributed by atoms with Gasteiger partial charge in [-0.15, -0.1) is 0 Å². The van der Waals surface area contributed by atoms with Crippen molar-refractivity contribution in [3.8, 4) is 0 Å². The van der Waals surface area contributed by atoms with Gasteiger partial charge in [0.25, 0.3) is 0 Å². The highest BCUT2D eigenvalue weighted by Gasteiger charge is 2.43. The molecule has 0 spiro atoms. The van der Waals surface area contributed by atoms with Gasteiger partial charge in [0, 0.05) is 0 Å².